The summed E-state index contributed by atoms with van der Waals surface area (Å²) >= 11 is 0. The zero-order valence-corrected chi connectivity index (χ0v) is 6.96. The second-order valence-corrected chi connectivity index (χ2v) is 3.57. The predicted octanol–water partition coefficient (Wildman–Crippen LogP) is 2.52. The van der Waals surface area contributed by atoms with Gasteiger partial charge in [0.25, 0.3) is 0 Å². The molecule has 2 aliphatic rings. The third kappa shape index (κ3) is 1.64. The van der Waals surface area contributed by atoms with Crippen LogP contribution in [-0.2, 0) is 4.74 Å². The van der Waals surface area contributed by atoms with Gasteiger partial charge in [-0.3, -0.25) is 0 Å². The van der Waals surface area contributed by atoms with Crippen molar-refractivity contribution in [2.24, 2.45) is 5.92 Å². The SMILES string of the molecule is C1=CC(C2CCCO2)CCC1. The lowest BCUT2D eigenvalue weighted by Gasteiger charge is -2.21. The smallest absolute Gasteiger partial charge is 0.0638 e. The Kier molecular flexibility index (Phi) is 2.27. The minimum Gasteiger partial charge on any atom is -0.378 e. The van der Waals surface area contributed by atoms with Crippen LogP contribution >= 0.6 is 0 Å². The van der Waals surface area contributed by atoms with Gasteiger partial charge in [-0.2, -0.15) is 0 Å². The first-order valence-corrected chi connectivity index (χ1v) is 4.75. The molecule has 0 radical (unpaired) electrons. The molecule has 0 aromatic heterocycles. The molecule has 1 aliphatic heterocycles. The lowest BCUT2D eigenvalue weighted by atomic mass is 9.90. The molecule has 11 heavy (non-hydrogen) atoms. The number of allylic oxidation sites excluding steroid dienone is 1. The van der Waals surface area contributed by atoms with Crippen LogP contribution in [0.15, 0.2) is 12.2 Å². The molecule has 1 fully saturated rings. The van der Waals surface area contributed by atoms with Crippen molar-refractivity contribution in [3.05, 3.63) is 12.2 Å². The van der Waals surface area contributed by atoms with Crippen LogP contribution in [0, 0.1) is 5.92 Å². The van der Waals surface area contributed by atoms with Crippen molar-refractivity contribution in [3.63, 3.8) is 0 Å². The van der Waals surface area contributed by atoms with Gasteiger partial charge in [-0.25, -0.2) is 0 Å². The molecule has 0 amide bonds. The summed E-state index contributed by atoms with van der Waals surface area (Å²) in [6.07, 6.45) is 11.8. The average molecular weight is 152 g/mol. The molecule has 62 valence electrons. The molecule has 2 atom stereocenters. The van der Waals surface area contributed by atoms with E-state index in [0.29, 0.717) is 6.10 Å². The molecule has 1 nitrogen and oxygen atoms in total. The van der Waals surface area contributed by atoms with Crippen molar-refractivity contribution in [1.82, 2.24) is 0 Å². The average Bonchev–Trinajstić information content (AvgIpc) is 2.58. The summed E-state index contributed by atoms with van der Waals surface area (Å²) in [6, 6.07) is 0. The number of rotatable bonds is 1. The molecule has 1 aliphatic carbocycles. The van der Waals surface area contributed by atoms with Gasteiger partial charge in [-0.05, 0) is 32.1 Å². The van der Waals surface area contributed by atoms with E-state index in [2.05, 4.69) is 12.2 Å². The molecular weight excluding hydrogens is 136 g/mol. The van der Waals surface area contributed by atoms with Gasteiger partial charge in [0.15, 0.2) is 0 Å². The summed E-state index contributed by atoms with van der Waals surface area (Å²) in [7, 11) is 0. The van der Waals surface area contributed by atoms with Crippen LogP contribution in [0.4, 0.5) is 0 Å². The Bertz CT molecular complexity index is 145. The zero-order valence-electron chi connectivity index (χ0n) is 6.96. The van der Waals surface area contributed by atoms with Crippen LogP contribution < -0.4 is 0 Å². The van der Waals surface area contributed by atoms with Crippen molar-refractivity contribution in [3.8, 4) is 0 Å². The van der Waals surface area contributed by atoms with Crippen LogP contribution in [0.3, 0.4) is 0 Å². The molecule has 0 aromatic rings. The Morgan fingerprint density at radius 3 is 2.82 bits per heavy atom. The van der Waals surface area contributed by atoms with Gasteiger partial charge in [-0.15, -0.1) is 0 Å². The topological polar surface area (TPSA) is 9.23 Å². The van der Waals surface area contributed by atoms with E-state index in [1.807, 2.05) is 0 Å². The van der Waals surface area contributed by atoms with E-state index in [1.54, 1.807) is 0 Å². The maximum Gasteiger partial charge on any atom is 0.0638 e. The van der Waals surface area contributed by atoms with Crippen molar-refractivity contribution in [2.75, 3.05) is 6.61 Å². The standard InChI is InChI=1S/C10H16O/c1-2-5-9(6-3-1)10-7-4-8-11-10/h2,5,9-10H,1,3-4,6-8H2. The highest BCUT2D eigenvalue weighted by Crippen LogP contribution is 2.28. The van der Waals surface area contributed by atoms with Crippen molar-refractivity contribution >= 4 is 0 Å². The molecule has 0 aromatic carbocycles. The molecule has 2 rings (SSSR count). The Labute approximate surface area is 68.4 Å². The summed E-state index contributed by atoms with van der Waals surface area (Å²) in [5.41, 5.74) is 0. The van der Waals surface area contributed by atoms with Gasteiger partial charge >= 0.3 is 0 Å². The van der Waals surface area contributed by atoms with Crippen LogP contribution in [0.5, 0.6) is 0 Å². The van der Waals surface area contributed by atoms with Crippen molar-refractivity contribution in [2.45, 2.75) is 38.2 Å². The van der Waals surface area contributed by atoms with E-state index in [4.69, 9.17) is 4.74 Å². The number of hydrogen-bond donors (Lipinski definition) is 0. The first kappa shape index (κ1) is 7.35. The first-order chi connectivity index (χ1) is 5.47. The van der Waals surface area contributed by atoms with Crippen LogP contribution in [0.1, 0.15) is 32.1 Å². The summed E-state index contributed by atoms with van der Waals surface area (Å²) < 4.78 is 5.64. The molecule has 2 unspecified atom stereocenters. The summed E-state index contributed by atoms with van der Waals surface area (Å²) in [5, 5.41) is 0. The van der Waals surface area contributed by atoms with Crippen molar-refractivity contribution < 1.29 is 4.74 Å². The number of hydrogen-bond acceptors (Lipinski definition) is 1. The van der Waals surface area contributed by atoms with E-state index in [0.717, 1.165) is 12.5 Å². The second kappa shape index (κ2) is 3.40. The normalized spacial score (nSPS) is 37.8. The van der Waals surface area contributed by atoms with Crippen LogP contribution in [-0.4, -0.2) is 12.7 Å². The second-order valence-electron chi connectivity index (χ2n) is 3.57. The quantitative estimate of drug-likeness (QED) is 0.525. The fraction of sp³-hybridized carbons (Fsp3) is 0.800. The van der Waals surface area contributed by atoms with Gasteiger partial charge in [0.1, 0.15) is 0 Å². The first-order valence-electron chi connectivity index (χ1n) is 4.75. The monoisotopic (exact) mass is 152 g/mol. The van der Waals surface area contributed by atoms with Crippen LogP contribution in [0.2, 0.25) is 0 Å². The highest BCUT2D eigenvalue weighted by atomic mass is 16.5. The molecule has 1 heteroatoms. The van der Waals surface area contributed by atoms with Gasteiger partial charge in [0.2, 0.25) is 0 Å². The Hall–Kier alpha value is -0.300. The molecular formula is C10H16O. The molecule has 0 N–H and O–H groups in total. The minimum absolute atomic E-state index is 0.562. The Morgan fingerprint density at radius 2 is 2.18 bits per heavy atom. The van der Waals surface area contributed by atoms with E-state index < -0.39 is 0 Å². The summed E-state index contributed by atoms with van der Waals surface area (Å²) in [6.45, 7) is 0.995. The highest BCUT2D eigenvalue weighted by molar-refractivity contribution is 4.97. The van der Waals surface area contributed by atoms with Crippen molar-refractivity contribution in [1.29, 1.82) is 0 Å². The molecule has 1 saturated heterocycles. The molecule has 1 heterocycles. The van der Waals surface area contributed by atoms with E-state index in [9.17, 15) is 0 Å². The Morgan fingerprint density at radius 1 is 1.18 bits per heavy atom. The minimum atomic E-state index is 0.562. The summed E-state index contributed by atoms with van der Waals surface area (Å²) in [4.78, 5) is 0. The molecule has 0 bridgehead atoms. The van der Waals surface area contributed by atoms with Gasteiger partial charge in [0.05, 0.1) is 6.10 Å². The third-order valence-electron chi connectivity index (χ3n) is 2.73. The van der Waals surface area contributed by atoms with E-state index >= 15 is 0 Å². The maximum atomic E-state index is 5.64. The highest BCUT2D eigenvalue weighted by Gasteiger charge is 2.24. The van der Waals surface area contributed by atoms with Gasteiger partial charge in [0, 0.05) is 12.5 Å². The number of ether oxygens (including phenoxy) is 1. The molecule has 0 saturated carbocycles. The van der Waals surface area contributed by atoms with E-state index in [-0.39, 0.29) is 0 Å². The van der Waals surface area contributed by atoms with Crippen LogP contribution in [0.25, 0.3) is 0 Å². The largest absolute Gasteiger partial charge is 0.378 e. The lowest BCUT2D eigenvalue weighted by molar-refractivity contribution is 0.0741. The predicted molar refractivity (Wildman–Crippen MR) is 45.5 cm³/mol. The lowest BCUT2D eigenvalue weighted by Crippen LogP contribution is -2.18. The summed E-state index contributed by atoms with van der Waals surface area (Å²) in [5.74, 6) is 0.742. The maximum absolute atomic E-state index is 5.64. The van der Waals surface area contributed by atoms with Gasteiger partial charge in [-0.1, -0.05) is 12.2 Å². The zero-order chi connectivity index (χ0) is 7.52. The van der Waals surface area contributed by atoms with E-state index in [1.165, 1.54) is 32.1 Å². The fourth-order valence-electron chi connectivity index (χ4n) is 2.09. The van der Waals surface area contributed by atoms with Gasteiger partial charge < -0.3 is 4.74 Å². The Balaban J connectivity index is 1.91. The third-order valence-corrected chi connectivity index (χ3v) is 2.73. The fourth-order valence-corrected chi connectivity index (χ4v) is 2.09. The molecule has 0 spiro atoms.